The van der Waals surface area contributed by atoms with Crippen molar-refractivity contribution in [2.45, 2.75) is 19.3 Å². The predicted octanol–water partition coefficient (Wildman–Crippen LogP) is 2.87. The first-order valence-electron chi connectivity index (χ1n) is 4.84. The first kappa shape index (κ1) is 11.3. The van der Waals surface area contributed by atoms with E-state index in [0.29, 0.717) is 11.6 Å². The largest absolute Gasteiger partial charge is 0.326 e. The third kappa shape index (κ3) is 3.52. The molecular formula is C12H16ClN. The number of fused-ring (bicyclic) bond motifs is 1. The molecule has 0 spiro atoms. The molecule has 0 aromatic heterocycles. The zero-order chi connectivity index (χ0) is 10.4. The van der Waals surface area contributed by atoms with Crippen LogP contribution in [0.4, 0.5) is 0 Å². The second-order valence-corrected chi connectivity index (χ2v) is 3.88. The van der Waals surface area contributed by atoms with E-state index in [1.54, 1.807) is 11.1 Å². The summed E-state index contributed by atoms with van der Waals surface area (Å²) in [4.78, 5) is 0. The summed E-state index contributed by atoms with van der Waals surface area (Å²) in [5, 5.41) is 0.505. The monoisotopic (exact) mass is 209 g/mol. The van der Waals surface area contributed by atoms with Gasteiger partial charge < -0.3 is 5.73 Å². The van der Waals surface area contributed by atoms with Crippen LogP contribution in [0.3, 0.4) is 0 Å². The van der Waals surface area contributed by atoms with Crippen molar-refractivity contribution in [3.63, 3.8) is 0 Å². The number of aryl methyl sites for hydroxylation is 2. The molecule has 1 aromatic rings. The average molecular weight is 210 g/mol. The smallest absolute Gasteiger partial charge is 0.0281 e. The highest BCUT2D eigenvalue weighted by Gasteiger charge is 2.07. The fourth-order valence-electron chi connectivity index (χ4n) is 1.51. The molecule has 0 fully saturated rings. The fourth-order valence-corrected chi connectivity index (χ4v) is 1.51. The van der Waals surface area contributed by atoms with Crippen molar-refractivity contribution in [2.24, 2.45) is 5.73 Å². The molecule has 2 heteroatoms. The molecule has 76 valence electrons. The maximum Gasteiger partial charge on any atom is 0.0281 e. The number of rotatable bonds is 1. The van der Waals surface area contributed by atoms with Crippen LogP contribution >= 0.6 is 11.6 Å². The molecule has 14 heavy (non-hydrogen) atoms. The Morgan fingerprint density at radius 2 is 1.71 bits per heavy atom. The van der Waals surface area contributed by atoms with Gasteiger partial charge in [-0.05, 0) is 30.4 Å². The van der Waals surface area contributed by atoms with E-state index in [-0.39, 0.29) is 0 Å². The first-order valence-corrected chi connectivity index (χ1v) is 5.22. The van der Waals surface area contributed by atoms with Crippen molar-refractivity contribution < 1.29 is 0 Å². The second-order valence-electron chi connectivity index (χ2n) is 3.34. The minimum absolute atomic E-state index is 0.377. The Hall–Kier alpha value is -0.790. The standard InChI is InChI=1S/C9H10.C3H6ClN/c1-2-5-9-7-3-6-8(9)4-1;1-3(4)2-5/h1-2,4-5H,3,6-7H2;1-2,5H2. The van der Waals surface area contributed by atoms with Gasteiger partial charge in [0.25, 0.3) is 0 Å². The van der Waals surface area contributed by atoms with E-state index >= 15 is 0 Å². The van der Waals surface area contributed by atoms with E-state index in [1.807, 2.05) is 0 Å². The molecular weight excluding hydrogens is 194 g/mol. The number of hydrogen-bond donors (Lipinski definition) is 1. The molecule has 1 aromatic carbocycles. The highest BCUT2D eigenvalue weighted by atomic mass is 35.5. The number of hydrogen-bond acceptors (Lipinski definition) is 1. The molecule has 0 saturated heterocycles. The Morgan fingerprint density at radius 3 is 2.07 bits per heavy atom. The van der Waals surface area contributed by atoms with Crippen molar-refractivity contribution in [1.82, 2.24) is 0 Å². The molecule has 0 unspecified atom stereocenters. The van der Waals surface area contributed by atoms with Crippen LogP contribution in [0.5, 0.6) is 0 Å². The lowest BCUT2D eigenvalue weighted by Crippen LogP contribution is -1.95. The topological polar surface area (TPSA) is 26.0 Å². The van der Waals surface area contributed by atoms with Gasteiger partial charge in [-0.2, -0.15) is 0 Å². The molecule has 2 rings (SSSR count). The van der Waals surface area contributed by atoms with E-state index in [0.717, 1.165) is 0 Å². The van der Waals surface area contributed by atoms with Crippen LogP contribution in [-0.2, 0) is 12.8 Å². The maximum absolute atomic E-state index is 5.14. The summed E-state index contributed by atoms with van der Waals surface area (Å²) in [7, 11) is 0. The molecule has 1 nitrogen and oxygen atoms in total. The van der Waals surface area contributed by atoms with Crippen molar-refractivity contribution in [3.05, 3.63) is 47.0 Å². The van der Waals surface area contributed by atoms with E-state index in [2.05, 4.69) is 30.8 Å². The minimum atomic E-state index is 0.377. The number of halogens is 1. The Balaban J connectivity index is 0.000000171. The van der Waals surface area contributed by atoms with Gasteiger partial charge in [-0.3, -0.25) is 0 Å². The van der Waals surface area contributed by atoms with Gasteiger partial charge in [-0.15, -0.1) is 0 Å². The molecule has 0 bridgehead atoms. The highest BCUT2D eigenvalue weighted by Crippen LogP contribution is 2.20. The molecule has 0 amide bonds. The Labute approximate surface area is 90.6 Å². The lowest BCUT2D eigenvalue weighted by Gasteiger charge is -1.93. The molecule has 0 heterocycles. The van der Waals surface area contributed by atoms with Crippen LogP contribution in [0.1, 0.15) is 17.5 Å². The van der Waals surface area contributed by atoms with Crippen LogP contribution in [0.15, 0.2) is 35.9 Å². The average Bonchev–Trinajstić information content (AvgIpc) is 2.66. The summed E-state index contributed by atoms with van der Waals surface area (Å²) in [6.45, 7) is 3.69. The summed E-state index contributed by atoms with van der Waals surface area (Å²) in [6.07, 6.45) is 3.96. The highest BCUT2D eigenvalue weighted by molar-refractivity contribution is 6.29. The predicted molar refractivity (Wildman–Crippen MR) is 62.5 cm³/mol. The van der Waals surface area contributed by atoms with Gasteiger partial charge in [-0.25, -0.2) is 0 Å². The molecule has 0 atom stereocenters. The SMILES string of the molecule is C=C(Cl)CN.c1ccc2c(c1)CCC2. The van der Waals surface area contributed by atoms with Gasteiger partial charge in [-0.1, -0.05) is 42.4 Å². The minimum Gasteiger partial charge on any atom is -0.326 e. The molecule has 1 aliphatic carbocycles. The molecule has 1 aliphatic rings. The Kier molecular flexibility index (Phi) is 4.71. The third-order valence-corrected chi connectivity index (χ3v) is 2.39. The first-order chi connectivity index (χ1) is 6.74. The van der Waals surface area contributed by atoms with E-state index in [1.165, 1.54) is 19.3 Å². The van der Waals surface area contributed by atoms with Gasteiger partial charge in [0.05, 0.1) is 0 Å². The van der Waals surface area contributed by atoms with Crippen LogP contribution < -0.4 is 5.73 Å². The number of benzene rings is 1. The summed E-state index contributed by atoms with van der Waals surface area (Å²) in [5.74, 6) is 0. The van der Waals surface area contributed by atoms with Crippen LogP contribution in [0.2, 0.25) is 0 Å². The fraction of sp³-hybridized carbons (Fsp3) is 0.333. The van der Waals surface area contributed by atoms with Crippen molar-refractivity contribution in [2.75, 3.05) is 6.54 Å². The van der Waals surface area contributed by atoms with Crippen molar-refractivity contribution >= 4 is 11.6 Å². The van der Waals surface area contributed by atoms with E-state index in [9.17, 15) is 0 Å². The van der Waals surface area contributed by atoms with Gasteiger partial charge in [0.15, 0.2) is 0 Å². The number of nitrogens with two attached hydrogens (primary N) is 1. The molecule has 0 saturated carbocycles. The van der Waals surface area contributed by atoms with Crippen LogP contribution in [0.25, 0.3) is 0 Å². The van der Waals surface area contributed by atoms with E-state index in [4.69, 9.17) is 17.3 Å². The second kappa shape index (κ2) is 5.84. The Bertz CT molecular complexity index is 284. The van der Waals surface area contributed by atoms with Gasteiger partial charge in [0, 0.05) is 11.6 Å². The third-order valence-electron chi connectivity index (χ3n) is 2.23. The van der Waals surface area contributed by atoms with E-state index < -0.39 is 0 Å². The van der Waals surface area contributed by atoms with Gasteiger partial charge in [0.2, 0.25) is 0 Å². The van der Waals surface area contributed by atoms with Crippen LogP contribution in [0, 0.1) is 0 Å². The van der Waals surface area contributed by atoms with Crippen molar-refractivity contribution in [1.29, 1.82) is 0 Å². The normalized spacial score (nSPS) is 12.7. The summed E-state index contributed by atoms with van der Waals surface area (Å²) < 4.78 is 0. The summed E-state index contributed by atoms with van der Waals surface area (Å²) >= 11 is 5.14. The zero-order valence-corrected chi connectivity index (χ0v) is 9.06. The Morgan fingerprint density at radius 1 is 1.29 bits per heavy atom. The summed E-state index contributed by atoms with van der Waals surface area (Å²) in [5.41, 5.74) is 8.07. The molecule has 2 N–H and O–H groups in total. The quantitative estimate of drug-likeness (QED) is 0.757. The molecule has 0 radical (unpaired) electrons. The zero-order valence-electron chi connectivity index (χ0n) is 8.30. The van der Waals surface area contributed by atoms with Crippen molar-refractivity contribution in [3.8, 4) is 0 Å². The van der Waals surface area contributed by atoms with Crippen LogP contribution in [-0.4, -0.2) is 6.54 Å². The molecule has 0 aliphatic heterocycles. The lowest BCUT2D eigenvalue weighted by atomic mass is 10.1. The maximum atomic E-state index is 5.14. The van der Waals surface area contributed by atoms with Gasteiger partial charge in [0.1, 0.15) is 0 Å². The lowest BCUT2D eigenvalue weighted by molar-refractivity contribution is 0.912. The summed E-state index contributed by atoms with van der Waals surface area (Å²) in [6, 6.07) is 8.74. The van der Waals surface area contributed by atoms with Gasteiger partial charge >= 0.3 is 0 Å².